The highest BCUT2D eigenvalue weighted by Crippen LogP contribution is 2.17. The second kappa shape index (κ2) is 7.64. The van der Waals surface area contributed by atoms with Crippen molar-refractivity contribution >= 4 is 17.7 Å². The number of aryl methyl sites for hydroxylation is 1. The first-order valence-corrected chi connectivity index (χ1v) is 6.74. The maximum atomic E-state index is 11.9. The summed E-state index contributed by atoms with van der Waals surface area (Å²) in [5.41, 5.74) is 0.965. The lowest BCUT2D eigenvalue weighted by Gasteiger charge is -2.23. The molecule has 0 bridgehead atoms. The van der Waals surface area contributed by atoms with Gasteiger partial charge in [0.2, 0.25) is 0 Å². The minimum Gasteiger partial charge on any atom is -0.481 e. The molecule has 0 heterocycles. The zero-order valence-electron chi connectivity index (χ0n) is 12.6. The van der Waals surface area contributed by atoms with Gasteiger partial charge in [0.25, 0.3) is 0 Å². The molecule has 0 aliphatic rings. The van der Waals surface area contributed by atoms with E-state index in [2.05, 4.69) is 10.6 Å². The number of carboxylic acid groups (broad SMARTS) is 1. The summed E-state index contributed by atoms with van der Waals surface area (Å²) in [5, 5.41) is 14.2. The molecular formula is C15H22N2O4. The molecule has 0 atom stereocenters. The molecule has 0 spiro atoms. The number of anilines is 1. The molecule has 0 radical (unpaired) electrons. The van der Waals surface area contributed by atoms with E-state index in [0.29, 0.717) is 18.7 Å². The molecule has 0 fully saturated rings. The van der Waals surface area contributed by atoms with Crippen molar-refractivity contribution in [2.45, 2.75) is 32.3 Å². The summed E-state index contributed by atoms with van der Waals surface area (Å²) in [4.78, 5) is 22.5. The van der Waals surface area contributed by atoms with Crippen molar-refractivity contribution in [2.24, 2.45) is 0 Å². The molecule has 6 nitrogen and oxygen atoms in total. The topological polar surface area (TPSA) is 87.7 Å². The van der Waals surface area contributed by atoms with Gasteiger partial charge in [-0.2, -0.15) is 0 Å². The number of nitrogens with one attached hydrogen (secondary N) is 2. The number of benzene rings is 1. The lowest BCUT2D eigenvalue weighted by molar-refractivity contribution is -0.136. The maximum Gasteiger partial charge on any atom is 0.319 e. The number of methoxy groups -OCH3 is 1. The van der Waals surface area contributed by atoms with Crippen molar-refractivity contribution in [3.8, 4) is 0 Å². The molecule has 1 rings (SSSR count). The van der Waals surface area contributed by atoms with Crippen molar-refractivity contribution in [3.05, 3.63) is 29.8 Å². The number of hydrogen-bond acceptors (Lipinski definition) is 3. The van der Waals surface area contributed by atoms with Gasteiger partial charge in [-0.25, -0.2) is 4.79 Å². The van der Waals surface area contributed by atoms with Crippen molar-refractivity contribution in [1.29, 1.82) is 0 Å². The predicted molar refractivity (Wildman–Crippen MR) is 80.5 cm³/mol. The smallest absolute Gasteiger partial charge is 0.319 e. The molecule has 0 saturated carbocycles. The van der Waals surface area contributed by atoms with Crippen LogP contribution in [0.4, 0.5) is 10.5 Å². The van der Waals surface area contributed by atoms with Crippen LogP contribution >= 0.6 is 0 Å². The zero-order chi connectivity index (χ0) is 15.9. The van der Waals surface area contributed by atoms with E-state index in [4.69, 9.17) is 9.84 Å². The number of carboxylic acids is 1. The molecule has 116 valence electrons. The largest absolute Gasteiger partial charge is 0.481 e. The second-order valence-corrected chi connectivity index (χ2v) is 5.32. The Balaban J connectivity index is 2.61. The number of carbonyl (C=O) groups is 2. The van der Waals surface area contributed by atoms with Crippen LogP contribution in [0.3, 0.4) is 0 Å². The van der Waals surface area contributed by atoms with E-state index >= 15 is 0 Å². The number of hydrogen-bond donors (Lipinski definition) is 3. The quantitative estimate of drug-likeness (QED) is 0.719. The Hall–Kier alpha value is -2.08. The van der Waals surface area contributed by atoms with Gasteiger partial charge >= 0.3 is 12.0 Å². The molecule has 0 unspecified atom stereocenters. The number of ether oxygens (including phenoxy) is 1. The third kappa shape index (κ3) is 6.27. The molecule has 0 aliphatic carbocycles. The second-order valence-electron chi connectivity index (χ2n) is 5.32. The number of para-hydroxylation sites is 1. The lowest BCUT2D eigenvalue weighted by atomic mass is 10.1. The Labute approximate surface area is 124 Å². The molecule has 6 heteroatoms. The van der Waals surface area contributed by atoms with Gasteiger partial charge in [-0.1, -0.05) is 18.2 Å². The van der Waals surface area contributed by atoms with Crippen molar-refractivity contribution in [3.63, 3.8) is 0 Å². The van der Waals surface area contributed by atoms with E-state index in [9.17, 15) is 9.59 Å². The summed E-state index contributed by atoms with van der Waals surface area (Å²) in [6.07, 6.45) is 0.395. The number of aliphatic carboxylic acids is 1. The summed E-state index contributed by atoms with van der Waals surface area (Å²) in [5.74, 6) is -0.865. The van der Waals surface area contributed by atoms with Crippen molar-refractivity contribution in [1.82, 2.24) is 5.32 Å². The van der Waals surface area contributed by atoms with E-state index < -0.39 is 11.6 Å². The van der Waals surface area contributed by atoms with Crippen LogP contribution in [0.5, 0.6) is 0 Å². The monoisotopic (exact) mass is 294 g/mol. The molecule has 0 aliphatic heterocycles. The Morgan fingerprint density at radius 2 is 1.95 bits per heavy atom. The van der Waals surface area contributed by atoms with Gasteiger partial charge in [-0.15, -0.1) is 0 Å². The zero-order valence-corrected chi connectivity index (χ0v) is 12.6. The molecular weight excluding hydrogens is 272 g/mol. The number of carbonyl (C=O) groups excluding carboxylic acids is 1. The molecule has 1 aromatic carbocycles. The lowest BCUT2D eigenvalue weighted by Crippen LogP contribution is -2.41. The normalized spacial score (nSPS) is 11.0. The third-order valence-electron chi connectivity index (χ3n) is 3.10. The average Bonchev–Trinajstić information content (AvgIpc) is 2.44. The summed E-state index contributed by atoms with van der Waals surface area (Å²) in [6, 6.07) is 6.81. The van der Waals surface area contributed by atoms with E-state index in [1.54, 1.807) is 25.3 Å². The molecule has 21 heavy (non-hydrogen) atoms. The minimum absolute atomic E-state index is 0.0248. The van der Waals surface area contributed by atoms with Crippen LogP contribution < -0.4 is 10.6 Å². The van der Waals surface area contributed by atoms with Crippen molar-refractivity contribution < 1.29 is 19.4 Å². The van der Waals surface area contributed by atoms with E-state index in [0.717, 1.165) is 5.56 Å². The van der Waals surface area contributed by atoms with Crippen LogP contribution in [0, 0.1) is 0 Å². The number of rotatable bonds is 7. The summed E-state index contributed by atoms with van der Waals surface area (Å²) >= 11 is 0. The summed E-state index contributed by atoms with van der Waals surface area (Å²) < 4.78 is 5.22. The average molecular weight is 294 g/mol. The fourth-order valence-corrected chi connectivity index (χ4v) is 1.63. The Bertz CT molecular complexity index is 500. The predicted octanol–water partition coefficient (Wildman–Crippen LogP) is 2.25. The van der Waals surface area contributed by atoms with Gasteiger partial charge in [0, 0.05) is 25.8 Å². The van der Waals surface area contributed by atoms with E-state index in [-0.39, 0.29) is 12.5 Å². The highest BCUT2D eigenvalue weighted by Gasteiger charge is 2.17. The highest BCUT2D eigenvalue weighted by atomic mass is 16.5. The third-order valence-corrected chi connectivity index (χ3v) is 3.10. The van der Waals surface area contributed by atoms with Crippen LogP contribution in [0.1, 0.15) is 25.8 Å². The molecule has 1 aromatic rings. The van der Waals surface area contributed by atoms with Crippen LogP contribution in [0.2, 0.25) is 0 Å². The van der Waals surface area contributed by atoms with Gasteiger partial charge in [0.15, 0.2) is 0 Å². The molecule has 0 saturated heterocycles. The first-order valence-electron chi connectivity index (χ1n) is 6.74. The first-order chi connectivity index (χ1) is 9.84. The molecule has 0 aromatic heterocycles. The summed E-state index contributed by atoms with van der Waals surface area (Å²) in [6.45, 7) is 4.11. The van der Waals surface area contributed by atoms with Gasteiger partial charge in [0.05, 0.1) is 5.60 Å². The highest BCUT2D eigenvalue weighted by molar-refractivity contribution is 5.90. The minimum atomic E-state index is -0.865. The van der Waals surface area contributed by atoms with Crippen LogP contribution in [0.15, 0.2) is 24.3 Å². The van der Waals surface area contributed by atoms with Crippen LogP contribution in [-0.4, -0.2) is 36.4 Å². The van der Waals surface area contributed by atoms with Crippen molar-refractivity contribution in [2.75, 3.05) is 19.0 Å². The number of amides is 2. The molecule has 2 amide bonds. The SMILES string of the molecule is COC(C)(C)CNC(=O)Nc1ccccc1CCC(=O)O. The Morgan fingerprint density at radius 1 is 1.29 bits per heavy atom. The van der Waals surface area contributed by atoms with Gasteiger partial charge in [0.1, 0.15) is 0 Å². The summed E-state index contributed by atoms with van der Waals surface area (Å²) in [7, 11) is 1.58. The Kier molecular flexibility index (Phi) is 6.17. The first kappa shape index (κ1) is 17.0. The standard InChI is InChI=1S/C15H22N2O4/c1-15(2,21-3)10-16-14(20)17-12-7-5-4-6-11(12)8-9-13(18)19/h4-7H,8-10H2,1-3H3,(H,18,19)(H2,16,17,20). The fraction of sp³-hybridized carbons (Fsp3) is 0.467. The van der Waals surface area contributed by atoms with E-state index in [1.165, 1.54) is 0 Å². The maximum absolute atomic E-state index is 11.9. The van der Waals surface area contributed by atoms with Gasteiger partial charge in [-0.05, 0) is 31.9 Å². The Morgan fingerprint density at radius 3 is 2.57 bits per heavy atom. The molecule has 3 N–H and O–H groups in total. The van der Waals surface area contributed by atoms with Gasteiger partial charge in [-0.3, -0.25) is 4.79 Å². The van der Waals surface area contributed by atoms with Crippen LogP contribution in [-0.2, 0) is 16.0 Å². The number of urea groups is 1. The fourth-order valence-electron chi connectivity index (χ4n) is 1.63. The van der Waals surface area contributed by atoms with Crippen LogP contribution in [0.25, 0.3) is 0 Å². The van der Waals surface area contributed by atoms with Gasteiger partial charge < -0.3 is 20.5 Å². The van der Waals surface area contributed by atoms with E-state index in [1.807, 2.05) is 19.9 Å².